The molecule has 0 atom stereocenters. The minimum atomic E-state index is -0.455. The third-order valence-corrected chi connectivity index (χ3v) is 7.45. The number of nitrogens with zero attached hydrogens (tertiary/aromatic N) is 4. The van der Waals surface area contributed by atoms with Crippen molar-refractivity contribution in [3.05, 3.63) is 78.8 Å². The van der Waals surface area contributed by atoms with E-state index in [4.69, 9.17) is 0 Å². The smallest absolute Gasteiger partial charge is 0.227 e. The Hall–Kier alpha value is -4.99. The Morgan fingerprint density at radius 3 is 2.70 bits per heavy atom. The monoisotopic (exact) mass is 535 g/mol. The van der Waals surface area contributed by atoms with Crippen LogP contribution in [0.4, 0.5) is 14.5 Å². The molecule has 1 saturated carbocycles. The maximum Gasteiger partial charge on any atom is 0.227 e. The zero-order chi connectivity index (χ0) is 27.2. The van der Waals surface area contributed by atoms with Crippen molar-refractivity contribution in [2.24, 2.45) is 5.92 Å². The summed E-state index contributed by atoms with van der Waals surface area (Å²) in [5.74, 6) is -0.383. The summed E-state index contributed by atoms with van der Waals surface area (Å²) in [6.45, 7) is 0. The van der Waals surface area contributed by atoms with Crippen LogP contribution in [-0.4, -0.2) is 36.0 Å². The number of imidazole rings is 1. The molecule has 0 unspecified atom stereocenters. The molecular formula is C30H23F2N7O. The largest absolute Gasteiger partial charge is 0.335 e. The molecule has 1 aliphatic carbocycles. The Balaban J connectivity index is 1.27. The summed E-state index contributed by atoms with van der Waals surface area (Å²) in [7, 11) is 0. The fourth-order valence-electron chi connectivity index (χ4n) is 5.45. The lowest BCUT2D eigenvalue weighted by atomic mass is 10.0. The van der Waals surface area contributed by atoms with Crippen molar-refractivity contribution in [2.45, 2.75) is 25.7 Å². The number of aromatic amines is 2. The molecule has 40 heavy (non-hydrogen) atoms. The number of anilines is 1. The van der Waals surface area contributed by atoms with Gasteiger partial charge in [0.2, 0.25) is 5.91 Å². The lowest BCUT2D eigenvalue weighted by molar-refractivity contribution is -0.119. The van der Waals surface area contributed by atoms with Gasteiger partial charge in [0.05, 0.1) is 22.9 Å². The Labute approximate surface area is 226 Å². The van der Waals surface area contributed by atoms with E-state index in [2.05, 4.69) is 35.5 Å². The van der Waals surface area contributed by atoms with E-state index < -0.39 is 5.82 Å². The van der Waals surface area contributed by atoms with Crippen molar-refractivity contribution in [1.82, 2.24) is 30.1 Å². The second kappa shape index (κ2) is 9.64. The molecule has 1 aliphatic rings. The molecule has 6 aromatic rings. The van der Waals surface area contributed by atoms with Crippen LogP contribution in [0.25, 0.3) is 55.8 Å². The fraction of sp³-hybridized carbons (Fsp3) is 0.167. The second-order valence-electron chi connectivity index (χ2n) is 10.0. The van der Waals surface area contributed by atoms with Crippen molar-refractivity contribution >= 4 is 33.7 Å². The number of amides is 1. The molecule has 0 aliphatic heterocycles. The summed E-state index contributed by atoms with van der Waals surface area (Å²) in [5, 5.41) is 10.9. The van der Waals surface area contributed by atoms with Gasteiger partial charge in [-0.25, -0.2) is 18.7 Å². The first-order chi connectivity index (χ1) is 19.5. The molecule has 0 saturated heterocycles. The van der Waals surface area contributed by atoms with Crippen molar-refractivity contribution in [1.29, 1.82) is 0 Å². The Bertz CT molecular complexity index is 1910. The number of carbonyl (C=O) groups is 1. The van der Waals surface area contributed by atoms with Gasteiger partial charge in [0.15, 0.2) is 11.5 Å². The summed E-state index contributed by atoms with van der Waals surface area (Å²) in [6, 6.07) is 12.9. The molecule has 0 bridgehead atoms. The number of hydrogen-bond acceptors (Lipinski definition) is 5. The number of aromatic nitrogens is 6. The molecule has 7 rings (SSSR count). The molecule has 2 aromatic carbocycles. The highest BCUT2D eigenvalue weighted by atomic mass is 19.1. The third kappa shape index (κ3) is 4.27. The zero-order valence-corrected chi connectivity index (χ0v) is 21.2. The topological polar surface area (TPSA) is 112 Å². The van der Waals surface area contributed by atoms with Gasteiger partial charge in [0.1, 0.15) is 17.3 Å². The molecule has 0 radical (unpaired) electrons. The number of H-pyrrole nitrogens is 2. The molecule has 8 nitrogen and oxygen atoms in total. The Kier molecular flexibility index (Phi) is 5.80. The van der Waals surface area contributed by atoms with E-state index in [0.29, 0.717) is 56.0 Å². The normalized spacial score (nSPS) is 13.8. The van der Waals surface area contributed by atoms with Gasteiger partial charge in [-0.15, -0.1) is 0 Å². The lowest BCUT2D eigenvalue weighted by Gasteiger charge is -2.11. The van der Waals surface area contributed by atoms with E-state index >= 15 is 4.39 Å². The molecule has 4 aromatic heterocycles. The highest BCUT2D eigenvalue weighted by Crippen LogP contribution is 2.34. The summed E-state index contributed by atoms with van der Waals surface area (Å²) < 4.78 is 29.2. The number of hydrogen-bond donors (Lipinski definition) is 3. The van der Waals surface area contributed by atoms with Crippen molar-refractivity contribution in [3.63, 3.8) is 0 Å². The van der Waals surface area contributed by atoms with Crippen LogP contribution >= 0.6 is 0 Å². The maximum absolute atomic E-state index is 15.3. The molecule has 0 spiro atoms. The van der Waals surface area contributed by atoms with Gasteiger partial charge in [0.25, 0.3) is 0 Å². The van der Waals surface area contributed by atoms with Crippen LogP contribution < -0.4 is 5.32 Å². The third-order valence-electron chi connectivity index (χ3n) is 7.45. The van der Waals surface area contributed by atoms with Crippen molar-refractivity contribution in [3.8, 4) is 33.8 Å². The van der Waals surface area contributed by atoms with Crippen LogP contribution in [0, 0.1) is 17.6 Å². The number of carbonyl (C=O) groups excluding carboxylic acids is 1. The van der Waals surface area contributed by atoms with Crippen LogP contribution in [0.2, 0.25) is 0 Å². The molecule has 3 N–H and O–H groups in total. The molecule has 1 amide bonds. The summed E-state index contributed by atoms with van der Waals surface area (Å²) >= 11 is 0. The van der Waals surface area contributed by atoms with Gasteiger partial charge < -0.3 is 10.3 Å². The molecule has 1 fully saturated rings. The standard InChI is InChI=1S/C30H23F2N7O/c31-19-7-3-6-17(10-19)21-8-9-34-28-26(21)36-29(37-28)27-23-12-22(24(32)13-25(23)38-39-27)18-11-20(15-33-14-18)35-30(40)16-4-1-2-5-16/h3,6-16H,1-2,4-5H2,(H,35,40)(H,38,39)(H,34,36,37). The van der Waals surface area contributed by atoms with E-state index in [-0.39, 0.29) is 17.6 Å². The van der Waals surface area contributed by atoms with E-state index in [1.54, 1.807) is 42.9 Å². The average molecular weight is 536 g/mol. The van der Waals surface area contributed by atoms with E-state index in [1.165, 1.54) is 18.2 Å². The van der Waals surface area contributed by atoms with Crippen molar-refractivity contribution < 1.29 is 13.6 Å². The Morgan fingerprint density at radius 2 is 1.85 bits per heavy atom. The van der Waals surface area contributed by atoms with Crippen LogP contribution in [0.3, 0.4) is 0 Å². The SMILES string of the molecule is O=C(Nc1cncc(-c2cc3c(-c4nc5nccc(-c6cccc(F)c6)c5[nH]4)n[nH]c3cc2F)c1)C1CCCC1. The first-order valence-corrected chi connectivity index (χ1v) is 13.1. The van der Waals surface area contributed by atoms with Gasteiger partial charge in [-0.1, -0.05) is 25.0 Å². The quantitative estimate of drug-likeness (QED) is 0.229. The van der Waals surface area contributed by atoms with Gasteiger partial charge in [-0.2, -0.15) is 5.10 Å². The number of nitrogens with one attached hydrogen (secondary N) is 3. The fourth-order valence-corrected chi connectivity index (χ4v) is 5.45. The van der Waals surface area contributed by atoms with Gasteiger partial charge in [0, 0.05) is 46.5 Å². The molecule has 4 heterocycles. The number of halogens is 2. The number of rotatable bonds is 5. The first-order valence-electron chi connectivity index (χ1n) is 13.1. The summed E-state index contributed by atoms with van der Waals surface area (Å²) in [5.41, 5.74) is 4.86. The number of benzene rings is 2. The second-order valence-corrected chi connectivity index (χ2v) is 10.0. The summed E-state index contributed by atoms with van der Waals surface area (Å²) in [4.78, 5) is 29.1. The highest BCUT2D eigenvalue weighted by Gasteiger charge is 2.23. The number of fused-ring (bicyclic) bond motifs is 2. The van der Waals surface area contributed by atoms with Crippen LogP contribution in [0.5, 0.6) is 0 Å². The molecular weight excluding hydrogens is 512 g/mol. The highest BCUT2D eigenvalue weighted by molar-refractivity contribution is 5.98. The van der Waals surface area contributed by atoms with Gasteiger partial charge in [-0.05, 0) is 48.7 Å². The average Bonchev–Trinajstić information content (AvgIpc) is 3.72. The maximum atomic E-state index is 15.3. The molecule has 198 valence electrons. The first kappa shape index (κ1) is 24.1. The molecule has 10 heteroatoms. The van der Waals surface area contributed by atoms with Gasteiger partial charge >= 0.3 is 0 Å². The minimum Gasteiger partial charge on any atom is -0.335 e. The summed E-state index contributed by atoms with van der Waals surface area (Å²) in [6.07, 6.45) is 8.63. The van der Waals surface area contributed by atoms with E-state index in [0.717, 1.165) is 31.2 Å². The zero-order valence-electron chi connectivity index (χ0n) is 21.2. The van der Waals surface area contributed by atoms with Crippen LogP contribution in [-0.2, 0) is 4.79 Å². The van der Waals surface area contributed by atoms with E-state index in [9.17, 15) is 9.18 Å². The van der Waals surface area contributed by atoms with Crippen molar-refractivity contribution in [2.75, 3.05) is 5.32 Å². The Morgan fingerprint density at radius 1 is 0.975 bits per heavy atom. The number of pyridine rings is 2. The minimum absolute atomic E-state index is 0.00459. The van der Waals surface area contributed by atoms with Crippen LogP contribution in [0.15, 0.2) is 67.1 Å². The predicted molar refractivity (Wildman–Crippen MR) is 148 cm³/mol. The van der Waals surface area contributed by atoms with Crippen LogP contribution in [0.1, 0.15) is 25.7 Å². The lowest BCUT2D eigenvalue weighted by Crippen LogP contribution is -2.20. The van der Waals surface area contributed by atoms with Gasteiger partial charge in [-0.3, -0.25) is 14.9 Å². The predicted octanol–water partition coefficient (Wildman–Crippen LogP) is 6.64. The van der Waals surface area contributed by atoms with E-state index in [1.807, 2.05) is 6.07 Å².